The van der Waals surface area contributed by atoms with E-state index in [1.54, 1.807) is 49.4 Å². The summed E-state index contributed by atoms with van der Waals surface area (Å²) in [6.07, 6.45) is 7.43. The molecule has 0 spiro atoms. The highest BCUT2D eigenvalue weighted by atomic mass is 16.6. The lowest BCUT2D eigenvalue weighted by atomic mass is 9.92. The zero-order valence-electron chi connectivity index (χ0n) is 25.1. The highest BCUT2D eigenvalue weighted by Gasteiger charge is 2.35. The van der Waals surface area contributed by atoms with Crippen molar-refractivity contribution in [3.63, 3.8) is 0 Å². The number of benzene rings is 2. The number of nitro benzene ring substituents is 1. The molecule has 228 valence electrons. The Morgan fingerprint density at radius 1 is 1.21 bits per heavy atom. The Morgan fingerprint density at radius 2 is 1.88 bits per heavy atom. The van der Waals surface area contributed by atoms with Crippen LogP contribution in [0.4, 0.5) is 5.69 Å². The van der Waals surface area contributed by atoms with Gasteiger partial charge < -0.3 is 24.9 Å². The topological polar surface area (TPSA) is 162 Å². The lowest BCUT2D eigenvalue weighted by Gasteiger charge is -2.34. The number of carbonyl (C=O) groups excluding carboxylic acids is 1. The number of non-ortho nitro benzene ring substituents is 1. The molecule has 2 aromatic carbocycles. The van der Waals surface area contributed by atoms with Crippen molar-refractivity contribution in [1.82, 2.24) is 9.88 Å². The monoisotopic (exact) mass is 590 g/mol. The van der Waals surface area contributed by atoms with Crippen LogP contribution in [0.25, 0.3) is 11.5 Å². The number of nitro groups is 1. The Bertz CT molecular complexity index is 1490. The molecule has 0 radical (unpaired) electrons. The lowest BCUT2D eigenvalue weighted by molar-refractivity contribution is -0.384. The average Bonchev–Trinajstić information content (AvgIpc) is 3.31. The molecule has 0 aliphatic carbocycles. The summed E-state index contributed by atoms with van der Waals surface area (Å²) in [5.74, 6) is -0.00615. The quantitative estimate of drug-likeness (QED) is 0.140. The summed E-state index contributed by atoms with van der Waals surface area (Å²) in [7, 11) is 0. The maximum absolute atomic E-state index is 12.7. The highest BCUT2D eigenvalue weighted by Crippen LogP contribution is 2.33. The van der Waals surface area contributed by atoms with E-state index in [2.05, 4.69) is 4.98 Å². The molecule has 43 heavy (non-hydrogen) atoms. The van der Waals surface area contributed by atoms with E-state index in [9.17, 15) is 24.8 Å². The van der Waals surface area contributed by atoms with Crippen LogP contribution in [-0.4, -0.2) is 50.5 Å². The van der Waals surface area contributed by atoms with Crippen molar-refractivity contribution in [1.29, 1.82) is 0 Å². The molecule has 1 amide bonds. The van der Waals surface area contributed by atoms with Gasteiger partial charge in [0.2, 0.25) is 11.8 Å². The number of hydrogen-bond acceptors (Lipinski definition) is 8. The van der Waals surface area contributed by atoms with Crippen molar-refractivity contribution >= 4 is 17.6 Å². The molecule has 1 aliphatic heterocycles. The van der Waals surface area contributed by atoms with E-state index in [1.807, 2.05) is 33.8 Å². The Hall–Kier alpha value is -4.77. The summed E-state index contributed by atoms with van der Waals surface area (Å²) >= 11 is 0. The second-order valence-corrected chi connectivity index (χ2v) is 11.1. The predicted octanol–water partition coefficient (Wildman–Crippen LogP) is 5.57. The number of ether oxygens (including phenoxy) is 1. The third-order valence-electron chi connectivity index (χ3n) is 6.23. The smallest absolute Gasteiger partial charge is 0.331 e. The molecular formula is C32H38N4O7. The summed E-state index contributed by atoms with van der Waals surface area (Å²) in [5.41, 5.74) is 8.05. The van der Waals surface area contributed by atoms with Crippen molar-refractivity contribution in [3.8, 4) is 17.2 Å². The average molecular weight is 591 g/mol. The molecule has 3 N–H and O–H groups in total. The molecule has 0 saturated carbocycles. The molecule has 11 nitrogen and oxygen atoms in total. The van der Waals surface area contributed by atoms with Crippen LogP contribution in [0.1, 0.15) is 56.3 Å². The molecule has 0 bridgehead atoms. The largest absolute Gasteiger partial charge is 0.493 e. The molecule has 0 saturated heterocycles. The van der Waals surface area contributed by atoms with Crippen LogP contribution in [0, 0.1) is 17.0 Å². The van der Waals surface area contributed by atoms with Gasteiger partial charge in [0.05, 0.1) is 17.2 Å². The summed E-state index contributed by atoms with van der Waals surface area (Å²) in [5, 5.41) is 20.8. The van der Waals surface area contributed by atoms with Crippen molar-refractivity contribution < 1.29 is 28.8 Å². The number of aliphatic carboxylic acids is 1. The maximum atomic E-state index is 12.7. The molecule has 11 heteroatoms. The number of amides is 1. The number of nitrogens with two attached hydrogens (primary N) is 1. The number of carbonyl (C=O) groups is 2. The van der Waals surface area contributed by atoms with Crippen molar-refractivity contribution in [2.75, 3.05) is 13.2 Å². The minimum Gasteiger partial charge on any atom is -0.493 e. The first kappa shape index (κ1) is 32.7. The number of allylic oxidation sites excluding steroid dienone is 3. The number of aryl methyl sites for hydroxylation is 1. The second kappa shape index (κ2) is 14.4. The van der Waals surface area contributed by atoms with Gasteiger partial charge in [-0.05, 0) is 76.4 Å². The minimum absolute atomic E-state index is 0. The normalized spacial score (nSPS) is 14.7. The van der Waals surface area contributed by atoms with Gasteiger partial charge in [-0.25, -0.2) is 9.78 Å². The van der Waals surface area contributed by atoms with Gasteiger partial charge in [-0.3, -0.25) is 14.9 Å². The number of aromatic nitrogens is 1. The Balaban J connectivity index is 0.000000934. The maximum Gasteiger partial charge on any atom is 0.331 e. The first-order valence-corrected chi connectivity index (χ1v) is 13.9. The molecule has 4 rings (SSSR count). The number of nitrogens with zero attached hydrogens (tertiary/aromatic N) is 3. The molecule has 1 unspecified atom stereocenters. The first-order chi connectivity index (χ1) is 20.3. The van der Waals surface area contributed by atoms with Gasteiger partial charge in [0.1, 0.15) is 11.5 Å². The predicted molar refractivity (Wildman–Crippen MR) is 163 cm³/mol. The molecule has 1 aliphatic rings. The fraction of sp³-hybridized carbons (Fsp3) is 0.344. The van der Waals surface area contributed by atoms with E-state index in [0.29, 0.717) is 53.6 Å². The van der Waals surface area contributed by atoms with E-state index < -0.39 is 16.9 Å². The fourth-order valence-electron chi connectivity index (χ4n) is 4.31. The lowest BCUT2D eigenvalue weighted by Crippen LogP contribution is -2.42. The number of hydrogen-bond donors (Lipinski definition) is 2. The fourth-order valence-corrected chi connectivity index (χ4v) is 4.31. The zero-order valence-corrected chi connectivity index (χ0v) is 25.1. The standard InChI is InChI=1S/C28H27N3O7.C4H11N/c1-3-4-5-6-25(32)30-15-13-19-9-12-22(17-23(19)26(30)28(33)34)37-16-14-24-18(2)38-27(29-24)20-7-10-21(11-8-20)31(35)36;1-4(2,3)5/h3-12,17,26H,13-16H2,1-2H3,(H,33,34);5H2,1-3H3. The van der Waals surface area contributed by atoms with Crippen LogP contribution >= 0.6 is 0 Å². The molecule has 3 aromatic rings. The van der Waals surface area contributed by atoms with Crippen molar-refractivity contribution in [2.24, 2.45) is 5.73 Å². The molecule has 0 fully saturated rings. The van der Waals surface area contributed by atoms with Crippen LogP contribution in [0.3, 0.4) is 0 Å². The molecular weight excluding hydrogens is 552 g/mol. The van der Waals surface area contributed by atoms with Gasteiger partial charge in [-0.1, -0.05) is 24.3 Å². The summed E-state index contributed by atoms with van der Waals surface area (Å²) in [6.45, 7) is 10.1. The van der Waals surface area contributed by atoms with Gasteiger partial charge in [-0.2, -0.15) is 0 Å². The van der Waals surface area contributed by atoms with Crippen molar-refractivity contribution in [2.45, 2.75) is 59.0 Å². The zero-order chi connectivity index (χ0) is 31.7. The van der Waals surface area contributed by atoms with E-state index in [-0.39, 0.29) is 23.7 Å². The van der Waals surface area contributed by atoms with E-state index in [1.165, 1.54) is 23.1 Å². The van der Waals surface area contributed by atoms with Crippen LogP contribution in [0.15, 0.2) is 71.2 Å². The Morgan fingerprint density at radius 3 is 2.49 bits per heavy atom. The van der Waals surface area contributed by atoms with Gasteiger partial charge in [0, 0.05) is 42.3 Å². The number of fused-ring (bicyclic) bond motifs is 1. The number of oxazole rings is 1. The number of rotatable bonds is 9. The molecule has 1 aromatic heterocycles. The molecule has 2 heterocycles. The Kier molecular flexibility index (Phi) is 11.0. The molecule has 1 atom stereocenters. The second-order valence-electron chi connectivity index (χ2n) is 11.1. The van der Waals surface area contributed by atoms with Gasteiger partial charge in [0.25, 0.3) is 5.69 Å². The third kappa shape index (κ3) is 9.37. The summed E-state index contributed by atoms with van der Waals surface area (Å²) in [6, 6.07) is 10.2. The van der Waals surface area contributed by atoms with Gasteiger partial charge in [0.15, 0.2) is 6.04 Å². The van der Waals surface area contributed by atoms with Gasteiger partial charge in [-0.15, -0.1) is 0 Å². The van der Waals surface area contributed by atoms with E-state index in [0.717, 1.165) is 5.56 Å². The summed E-state index contributed by atoms with van der Waals surface area (Å²) < 4.78 is 11.7. The summed E-state index contributed by atoms with van der Waals surface area (Å²) in [4.78, 5) is 41.1. The van der Waals surface area contributed by atoms with E-state index >= 15 is 0 Å². The Labute approximate surface area is 250 Å². The van der Waals surface area contributed by atoms with Gasteiger partial charge >= 0.3 is 5.97 Å². The van der Waals surface area contributed by atoms with Crippen LogP contribution in [0.2, 0.25) is 0 Å². The number of carboxylic acid groups (broad SMARTS) is 1. The highest BCUT2D eigenvalue weighted by molar-refractivity contribution is 5.92. The third-order valence-corrected chi connectivity index (χ3v) is 6.23. The SMILES string of the molecule is CC(C)(C)N.CC=CC=CC(=O)N1CCc2ccc(OCCc3nc(-c4ccc([N+](=O)[O-])cc4)oc3C)cc2C1C(=O)O. The number of carboxylic acids is 1. The van der Waals surface area contributed by atoms with E-state index in [4.69, 9.17) is 14.9 Å². The van der Waals surface area contributed by atoms with Crippen LogP contribution in [-0.2, 0) is 22.4 Å². The first-order valence-electron chi connectivity index (χ1n) is 13.9. The van der Waals surface area contributed by atoms with Crippen LogP contribution < -0.4 is 10.5 Å². The minimum atomic E-state index is -1.10. The van der Waals surface area contributed by atoms with Crippen molar-refractivity contribution in [3.05, 3.63) is 99.5 Å². The van der Waals surface area contributed by atoms with Crippen LogP contribution in [0.5, 0.6) is 5.75 Å².